The van der Waals surface area contributed by atoms with Gasteiger partial charge in [-0.15, -0.1) is 0 Å². The second kappa shape index (κ2) is 7.78. The van der Waals surface area contributed by atoms with Gasteiger partial charge in [0, 0.05) is 36.5 Å². The van der Waals surface area contributed by atoms with Crippen LogP contribution in [0.4, 0.5) is 10.3 Å². The number of carbonyl (C=O) groups excluding carboxylic acids is 1. The van der Waals surface area contributed by atoms with Gasteiger partial charge in [-0.1, -0.05) is 17.7 Å². The number of nitrogens with zero attached hydrogens (tertiary/aromatic N) is 3. The lowest BCUT2D eigenvalue weighted by molar-refractivity contribution is -0.125. The molecule has 132 valence electrons. The Kier molecular flexibility index (Phi) is 5.48. The molecule has 0 spiro atoms. The molecule has 0 bridgehead atoms. The normalized spacial score (nSPS) is 17.4. The first-order chi connectivity index (χ1) is 12.0. The highest BCUT2D eigenvalue weighted by Crippen LogP contribution is 2.21. The van der Waals surface area contributed by atoms with Gasteiger partial charge in [-0.2, -0.15) is 0 Å². The van der Waals surface area contributed by atoms with Crippen molar-refractivity contribution in [1.29, 1.82) is 0 Å². The first-order valence-electron chi connectivity index (χ1n) is 8.29. The fraction of sp³-hybridized carbons (Fsp3) is 0.389. The summed E-state index contributed by atoms with van der Waals surface area (Å²) in [6, 6.07) is 6.03. The summed E-state index contributed by atoms with van der Waals surface area (Å²) >= 11 is 6.00. The highest BCUT2D eigenvalue weighted by molar-refractivity contribution is 6.31. The summed E-state index contributed by atoms with van der Waals surface area (Å²) in [6.45, 7) is 3.64. The highest BCUT2D eigenvalue weighted by atomic mass is 35.5. The standard InChI is InChI=1S/C18H20ClFN4O/c1-12-6-7-21-18(23-12)24-8-2-3-14(11-24)17(25)22-10-13-4-5-15(20)9-16(13)19/h4-7,9,14H,2-3,8,10-11H2,1H3,(H,22,25)/t14-/m1/s1. The van der Waals surface area contributed by atoms with Gasteiger partial charge < -0.3 is 10.2 Å². The molecule has 1 atom stereocenters. The topological polar surface area (TPSA) is 58.1 Å². The quantitative estimate of drug-likeness (QED) is 0.908. The zero-order valence-corrected chi connectivity index (χ0v) is 14.8. The van der Waals surface area contributed by atoms with Crippen LogP contribution in [-0.2, 0) is 11.3 Å². The van der Waals surface area contributed by atoms with Crippen LogP contribution in [0.2, 0.25) is 5.02 Å². The van der Waals surface area contributed by atoms with E-state index in [1.165, 1.54) is 12.1 Å². The second-order valence-electron chi connectivity index (χ2n) is 6.24. The van der Waals surface area contributed by atoms with Crippen molar-refractivity contribution >= 4 is 23.5 Å². The zero-order chi connectivity index (χ0) is 17.8. The Morgan fingerprint density at radius 3 is 3.04 bits per heavy atom. The van der Waals surface area contributed by atoms with Crippen LogP contribution < -0.4 is 10.2 Å². The summed E-state index contributed by atoms with van der Waals surface area (Å²) < 4.78 is 13.1. The number of aromatic nitrogens is 2. The minimum Gasteiger partial charge on any atom is -0.352 e. The van der Waals surface area contributed by atoms with Crippen LogP contribution in [0.15, 0.2) is 30.5 Å². The van der Waals surface area contributed by atoms with Crippen LogP contribution in [0.3, 0.4) is 0 Å². The Morgan fingerprint density at radius 2 is 2.28 bits per heavy atom. The molecule has 1 aromatic carbocycles. The molecule has 2 aromatic rings. The summed E-state index contributed by atoms with van der Waals surface area (Å²) in [4.78, 5) is 23.3. The average molecular weight is 363 g/mol. The molecule has 1 N–H and O–H groups in total. The molecule has 0 saturated carbocycles. The summed E-state index contributed by atoms with van der Waals surface area (Å²) in [5.41, 5.74) is 1.61. The third kappa shape index (κ3) is 4.45. The number of amides is 1. The van der Waals surface area contributed by atoms with E-state index in [2.05, 4.69) is 15.3 Å². The largest absolute Gasteiger partial charge is 0.352 e. The Bertz CT molecular complexity index is 770. The van der Waals surface area contributed by atoms with E-state index in [0.29, 0.717) is 23.1 Å². The molecule has 1 aliphatic rings. The Labute approximate surface area is 151 Å². The van der Waals surface area contributed by atoms with Gasteiger partial charge >= 0.3 is 0 Å². The fourth-order valence-electron chi connectivity index (χ4n) is 2.95. The minimum atomic E-state index is -0.388. The predicted molar refractivity (Wildman–Crippen MR) is 95.0 cm³/mol. The number of aryl methyl sites for hydroxylation is 1. The van der Waals surface area contributed by atoms with Crippen molar-refractivity contribution in [3.8, 4) is 0 Å². The van der Waals surface area contributed by atoms with Crippen molar-refractivity contribution in [3.63, 3.8) is 0 Å². The molecular weight excluding hydrogens is 343 g/mol. The maximum atomic E-state index is 13.1. The van der Waals surface area contributed by atoms with E-state index < -0.39 is 0 Å². The van der Waals surface area contributed by atoms with Crippen molar-refractivity contribution in [1.82, 2.24) is 15.3 Å². The molecule has 1 fully saturated rings. The van der Waals surface area contributed by atoms with Crippen LogP contribution in [0.1, 0.15) is 24.1 Å². The number of hydrogen-bond donors (Lipinski definition) is 1. The van der Waals surface area contributed by atoms with E-state index in [4.69, 9.17) is 11.6 Å². The van der Waals surface area contributed by atoms with Gasteiger partial charge in [0.25, 0.3) is 0 Å². The molecule has 1 amide bonds. The predicted octanol–water partition coefficient (Wildman–Crippen LogP) is 3.11. The molecule has 1 aliphatic heterocycles. The Balaban J connectivity index is 1.60. The molecule has 0 aliphatic carbocycles. The maximum absolute atomic E-state index is 13.1. The van der Waals surface area contributed by atoms with Gasteiger partial charge in [-0.05, 0) is 43.5 Å². The summed E-state index contributed by atoms with van der Waals surface area (Å²) in [7, 11) is 0. The first-order valence-corrected chi connectivity index (χ1v) is 8.67. The lowest BCUT2D eigenvalue weighted by atomic mass is 9.97. The first kappa shape index (κ1) is 17.6. The number of nitrogens with one attached hydrogen (secondary N) is 1. The molecule has 0 unspecified atom stereocenters. The maximum Gasteiger partial charge on any atom is 0.225 e. The van der Waals surface area contributed by atoms with Gasteiger partial charge in [-0.25, -0.2) is 14.4 Å². The zero-order valence-electron chi connectivity index (χ0n) is 14.0. The molecule has 0 radical (unpaired) electrons. The number of halogens is 2. The van der Waals surface area contributed by atoms with E-state index >= 15 is 0 Å². The summed E-state index contributed by atoms with van der Waals surface area (Å²) in [6.07, 6.45) is 3.47. The van der Waals surface area contributed by atoms with Crippen molar-refractivity contribution in [2.45, 2.75) is 26.3 Å². The minimum absolute atomic E-state index is 0.0299. The molecular formula is C18H20ClFN4O. The van der Waals surface area contributed by atoms with Crippen molar-refractivity contribution in [3.05, 3.63) is 52.6 Å². The summed E-state index contributed by atoms with van der Waals surface area (Å²) in [5, 5.41) is 3.22. The number of hydrogen-bond acceptors (Lipinski definition) is 4. The average Bonchev–Trinajstić information content (AvgIpc) is 2.61. The number of anilines is 1. The highest BCUT2D eigenvalue weighted by Gasteiger charge is 2.27. The number of piperidine rings is 1. The number of carbonyl (C=O) groups is 1. The van der Waals surface area contributed by atoms with Gasteiger partial charge in [0.15, 0.2) is 0 Å². The summed E-state index contributed by atoms with van der Waals surface area (Å²) in [5.74, 6) is 0.120. The molecule has 3 rings (SSSR count). The molecule has 1 aromatic heterocycles. The Morgan fingerprint density at radius 1 is 1.44 bits per heavy atom. The van der Waals surface area contributed by atoms with E-state index in [1.807, 2.05) is 17.9 Å². The van der Waals surface area contributed by atoms with Crippen LogP contribution in [0, 0.1) is 18.7 Å². The van der Waals surface area contributed by atoms with Crippen LogP contribution in [-0.4, -0.2) is 29.0 Å². The lowest BCUT2D eigenvalue weighted by Crippen LogP contribution is -2.43. The van der Waals surface area contributed by atoms with E-state index in [-0.39, 0.29) is 24.2 Å². The van der Waals surface area contributed by atoms with E-state index in [0.717, 1.165) is 25.1 Å². The van der Waals surface area contributed by atoms with Crippen molar-refractivity contribution < 1.29 is 9.18 Å². The van der Waals surface area contributed by atoms with E-state index in [9.17, 15) is 9.18 Å². The van der Waals surface area contributed by atoms with Gasteiger partial charge in [0.1, 0.15) is 5.82 Å². The third-order valence-corrected chi connectivity index (χ3v) is 4.68. The molecule has 2 heterocycles. The molecule has 1 saturated heterocycles. The second-order valence-corrected chi connectivity index (χ2v) is 6.64. The van der Waals surface area contributed by atoms with Crippen molar-refractivity contribution in [2.75, 3.05) is 18.0 Å². The third-order valence-electron chi connectivity index (χ3n) is 4.33. The smallest absolute Gasteiger partial charge is 0.225 e. The molecule has 5 nitrogen and oxygen atoms in total. The van der Waals surface area contributed by atoms with Gasteiger partial charge in [-0.3, -0.25) is 4.79 Å². The fourth-order valence-corrected chi connectivity index (χ4v) is 3.19. The Hall–Kier alpha value is -2.21. The van der Waals surface area contributed by atoms with Crippen LogP contribution in [0.25, 0.3) is 0 Å². The van der Waals surface area contributed by atoms with Crippen LogP contribution >= 0.6 is 11.6 Å². The van der Waals surface area contributed by atoms with Crippen LogP contribution in [0.5, 0.6) is 0 Å². The number of rotatable bonds is 4. The monoisotopic (exact) mass is 362 g/mol. The van der Waals surface area contributed by atoms with Gasteiger partial charge in [0.05, 0.1) is 5.92 Å². The number of benzene rings is 1. The van der Waals surface area contributed by atoms with E-state index in [1.54, 1.807) is 12.3 Å². The molecule has 25 heavy (non-hydrogen) atoms. The van der Waals surface area contributed by atoms with Crippen molar-refractivity contribution in [2.24, 2.45) is 5.92 Å². The molecule has 7 heteroatoms. The van der Waals surface area contributed by atoms with Gasteiger partial charge in [0.2, 0.25) is 11.9 Å². The lowest BCUT2D eigenvalue weighted by Gasteiger charge is -2.32. The SMILES string of the molecule is Cc1ccnc(N2CCC[C@@H](C(=O)NCc3ccc(F)cc3Cl)C2)n1.